The van der Waals surface area contributed by atoms with Gasteiger partial charge in [-0.25, -0.2) is 0 Å². The van der Waals surface area contributed by atoms with Gasteiger partial charge in [-0.1, -0.05) is 66.5 Å². The van der Waals surface area contributed by atoms with E-state index in [1.165, 1.54) is 6.92 Å². The van der Waals surface area contributed by atoms with Crippen molar-refractivity contribution >= 4 is 17.8 Å². The first-order chi connectivity index (χ1) is 55.5. The van der Waals surface area contributed by atoms with Crippen molar-refractivity contribution in [1.29, 1.82) is 0 Å². The summed E-state index contributed by atoms with van der Waals surface area (Å²) in [7, 11) is 0. The number of carbonyl (C=O) groups excluding carboxylic acids is 3. The molecule has 0 bridgehead atoms. The third kappa shape index (κ3) is 16.9. The van der Waals surface area contributed by atoms with Crippen LogP contribution in [0.1, 0.15) is 127 Å². The third-order valence-corrected chi connectivity index (χ3v) is 28.6. The molecule has 13 aliphatic rings. The van der Waals surface area contributed by atoms with E-state index in [4.69, 9.17) is 80.5 Å². The van der Waals surface area contributed by atoms with Gasteiger partial charge in [-0.15, -0.1) is 0 Å². The average molecular weight is 1700 g/mol. The van der Waals surface area contributed by atoms with Gasteiger partial charge in [0.05, 0.1) is 58.0 Å². The van der Waals surface area contributed by atoms with E-state index in [1.807, 2.05) is 13.8 Å². The number of hydrogen-bond donors (Lipinski definition) is 21. The number of allylic oxidation sites excluding steroid dienone is 2. The van der Waals surface area contributed by atoms with E-state index < -0.39 is 330 Å². The van der Waals surface area contributed by atoms with Crippen molar-refractivity contribution in [2.45, 2.75) is 354 Å². The summed E-state index contributed by atoms with van der Waals surface area (Å²) in [6.07, 6.45) is -56.3. The highest BCUT2D eigenvalue weighted by atomic mass is 16.8. The molecule has 13 rings (SSSR count). The van der Waals surface area contributed by atoms with E-state index in [2.05, 4.69) is 46.0 Å². The summed E-state index contributed by atoms with van der Waals surface area (Å²) in [4.78, 5) is 42.2. The van der Waals surface area contributed by atoms with Crippen LogP contribution in [0.2, 0.25) is 0 Å². The van der Waals surface area contributed by atoms with Gasteiger partial charge in [0.2, 0.25) is 12.2 Å². The number of rotatable bonds is 22. The van der Waals surface area contributed by atoms with Crippen LogP contribution in [0.4, 0.5) is 0 Å². The number of nitrogens with one attached hydrogen (secondary N) is 1. The van der Waals surface area contributed by atoms with Crippen molar-refractivity contribution in [2.75, 3.05) is 46.2 Å². The predicted octanol–water partition coefficient (Wildman–Crippen LogP) is -7.51. The summed E-state index contributed by atoms with van der Waals surface area (Å²) in [5, 5.41) is 225. The Morgan fingerprint density at radius 3 is 1.66 bits per heavy atom. The summed E-state index contributed by atoms with van der Waals surface area (Å²) in [5.74, 6) is -3.47. The summed E-state index contributed by atoms with van der Waals surface area (Å²) in [6.45, 7) is 12.4. The number of esters is 2. The van der Waals surface area contributed by atoms with Crippen molar-refractivity contribution in [1.82, 2.24) is 5.32 Å². The van der Waals surface area contributed by atoms with Crippen LogP contribution in [0.3, 0.4) is 0 Å². The molecule has 8 aliphatic heterocycles. The highest BCUT2D eigenvalue weighted by Gasteiger charge is 2.74. The van der Waals surface area contributed by atoms with Gasteiger partial charge >= 0.3 is 11.9 Å². The molecular weight excluding hydrogens is 1580 g/mol. The number of amides is 1. The Kier molecular flexibility index (Phi) is 28.1. The number of fused-ring (bicyclic) bond motifs is 7. The van der Waals surface area contributed by atoms with Crippen LogP contribution in [-0.4, -0.2) is 394 Å². The average Bonchev–Trinajstić information content (AvgIpc) is 0.700. The lowest BCUT2D eigenvalue weighted by molar-refractivity contribution is -0.377. The Morgan fingerprint density at radius 2 is 1.03 bits per heavy atom. The Balaban J connectivity index is 0.769. The minimum atomic E-state index is -2.13. The number of aliphatic hydroxyl groups excluding tert-OH is 20. The van der Waals surface area contributed by atoms with Crippen molar-refractivity contribution in [3.63, 3.8) is 0 Å². The molecule has 0 unspecified atom stereocenters. The summed E-state index contributed by atoms with van der Waals surface area (Å²) in [6, 6.07) is -1.47. The van der Waals surface area contributed by atoms with Crippen molar-refractivity contribution in [3.8, 4) is 0 Å². The SMILES string of the molecule is CC(=O)N[C@@H]1[C@@H](O[C@H]2CC[C@]3(C)[C@H]4CC=C5[C@@H]6C(C)(C)CCC[C@@]6(C(=O)O[C@@H]6O[C@H](COC(C)=O)[C@@H](O[C@H]7OC[C@@H](O)[C@@H](O)[C@H]7O)[C@H](O)[C@H]6O[C@@H]6OC[C@@H](O)[C@H](O[C@H]7O[C@H](CO)[C@H](O)[C@@H]7O)[C@@H]6O)[C@H](O)C[C@]5(C)[C@@]4(C)CC[C@H]3C2(C)C)O[C@@H](CO[C@@H]2OC[C@@H](O)[C@@H](O[C@H]3C[C@@H](O)[C@H](O)[C@@H](O)O3)[C@H]2O)[C@H](O[C@@H]2O[C@H](CO)[C@H](O)[C@@H](O)[C@H]2O)[C@H]1O. The first-order valence-electron chi connectivity index (χ1n) is 40.9. The van der Waals surface area contributed by atoms with Crippen LogP contribution >= 0.6 is 0 Å². The molecule has 44 atom stereocenters. The molecule has 0 aromatic carbocycles. The molecule has 8 heterocycles. The van der Waals surface area contributed by atoms with E-state index in [0.717, 1.165) is 12.5 Å². The first kappa shape index (κ1) is 92.4. The minimum absolute atomic E-state index is 0.0330. The van der Waals surface area contributed by atoms with Crippen molar-refractivity contribution < 1.29 is 197 Å². The summed E-state index contributed by atoms with van der Waals surface area (Å²) in [5.41, 5.74) is -4.32. The zero-order valence-electron chi connectivity index (χ0n) is 67.3. The fourth-order valence-corrected chi connectivity index (χ4v) is 22.2. The van der Waals surface area contributed by atoms with Gasteiger partial charge in [0.1, 0.15) is 158 Å². The highest BCUT2D eigenvalue weighted by molar-refractivity contribution is 5.80. The van der Waals surface area contributed by atoms with Gasteiger partial charge in [0.15, 0.2) is 56.4 Å². The Labute approximate surface area is 680 Å². The lowest BCUT2D eigenvalue weighted by atomic mass is 9.32. The smallest absolute Gasteiger partial charge is 0.317 e. The molecule has 12 fully saturated rings. The topological polar surface area (TPSA) is 625 Å². The Bertz CT molecular complexity index is 3450. The zero-order chi connectivity index (χ0) is 85.9. The van der Waals surface area contributed by atoms with Crippen molar-refractivity contribution in [2.24, 2.45) is 50.2 Å². The quantitative estimate of drug-likeness (QED) is 0.0272. The van der Waals surface area contributed by atoms with Gasteiger partial charge < -0.3 is 188 Å². The summed E-state index contributed by atoms with van der Waals surface area (Å²) < 4.78 is 102. The maximum Gasteiger partial charge on any atom is 0.317 e. The van der Waals surface area contributed by atoms with Crippen molar-refractivity contribution in [3.05, 3.63) is 11.6 Å². The maximum absolute atomic E-state index is 16.3. The molecule has 676 valence electrons. The minimum Gasteiger partial charge on any atom is -0.463 e. The monoisotopic (exact) mass is 1700 g/mol. The number of ether oxygens (including phenoxy) is 17. The molecule has 118 heavy (non-hydrogen) atoms. The van der Waals surface area contributed by atoms with Crippen LogP contribution in [0.5, 0.6) is 0 Å². The van der Waals surface area contributed by atoms with Gasteiger partial charge in [0.25, 0.3) is 0 Å². The fourth-order valence-electron chi connectivity index (χ4n) is 22.2. The molecule has 8 saturated heterocycles. The molecule has 4 saturated carbocycles. The first-order valence-corrected chi connectivity index (χ1v) is 40.9. The second-order valence-corrected chi connectivity index (χ2v) is 36.6. The maximum atomic E-state index is 16.3. The zero-order valence-corrected chi connectivity index (χ0v) is 67.3. The third-order valence-electron chi connectivity index (χ3n) is 28.6. The van der Waals surface area contributed by atoms with Crippen LogP contribution in [0.15, 0.2) is 11.6 Å². The standard InChI is InChI=1S/C77H123NO40/c1-28(81)78-44-49(92)59(116-69-53(96)50(93)47(90)35(21-79)107-69)38(27-106-65-55(98)57(33(85)24-103-65)112-43-19-31(83)46(89)63(100)113-43)109-64(44)111-42-14-17-74(7)39(73(42,5)6)13-18-75(8)40(74)12-11-30-62-72(3,4)15-10-16-77(62,41(87)20-76(30,75)9)71(101)118-70-61(117-67-56(99)58(34(86)25-105-67)114-68-52(95)48(91)36(22-80)108-68)54(97)60(37(110-70)26-102-29(2)82)115-66-51(94)45(88)32(84)23-104-66/h11,31-70,79-80,83-100H,10,12-27H2,1-9H3,(H,78,81)/t31-,32-,33-,34-,35-,36-,37-,38+,39+,40-,41-,42+,43-,44+,45-,46+,47+,48+,49+,50-,51-,52+,53-,54+,55-,56+,57-,58+,59+,60-,61-,62-,63+,64-,65+,66-,67+,68-,69+,70+,74+,75+,76+,77-/m1/s1. The Morgan fingerprint density at radius 1 is 0.483 bits per heavy atom. The van der Waals surface area contributed by atoms with Crippen LogP contribution in [0.25, 0.3) is 0 Å². The van der Waals surface area contributed by atoms with E-state index in [0.29, 0.717) is 44.9 Å². The van der Waals surface area contributed by atoms with Gasteiger partial charge in [0, 0.05) is 26.2 Å². The molecular formula is C77H123NO40. The van der Waals surface area contributed by atoms with Gasteiger partial charge in [-0.05, 0) is 90.3 Å². The summed E-state index contributed by atoms with van der Waals surface area (Å²) >= 11 is 0. The lowest BCUT2D eigenvalue weighted by Gasteiger charge is -2.72. The largest absolute Gasteiger partial charge is 0.463 e. The molecule has 41 heteroatoms. The second kappa shape index (κ2) is 35.9. The van der Waals surface area contributed by atoms with Crippen LogP contribution in [-0.2, 0) is 94.9 Å². The number of hydrogen-bond acceptors (Lipinski definition) is 40. The molecule has 1 amide bonds. The number of carbonyl (C=O) groups is 3. The van der Waals surface area contributed by atoms with Gasteiger partial charge in [-0.3, -0.25) is 14.4 Å². The second-order valence-electron chi connectivity index (χ2n) is 36.6. The molecule has 0 radical (unpaired) electrons. The molecule has 5 aliphatic carbocycles. The van der Waals surface area contributed by atoms with Crippen LogP contribution in [0, 0.1) is 50.2 Å². The van der Waals surface area contributed by atoms with E-state index >= 15 is 4.79 Å². The molecule has 0 aromatic heterocycles. The number of aliphatic hydroxyl groups is 20. The van der Waals surface area contributed by atoms with E-state index in [-0.39, 0.29) is 31.1 Å². The molecule has 0 spiro atoms. The fraction of sp³-hybridized carbons (Fsp3) is 0.935. The molecule has 21 N–H and O–H groups in total. The van der Waals surface area contributed by atoms with Gasteiger partial charge in [-0.2, -0.15) is 0 Å². The van der Waals surface area contributed by atoms with E-state index in [9.17, 15) is 112 Å². The van der Waals surface area contributed by atoms with Crippen LogP contribution < -0.4 is 5.32 Å². The molecule has 41 nitrogen and oxygen atoms in total. The predicted molar refractivity (Wildman–Crippen MR) is 386 cm³/mol. The lowest BCUT2D eigenvalue weighted by Crippen LogP contribution is -2.70. The highest BCUT2D eigenvalue weighted by Crippen LogP contribution is 2.77. The normalized spacial score (nSPS) is 52.0. The Hall–Kier alpha value is -3.25. The molecule has 0 aromatic rings. The van der Waals surface area contributed by atoms with E-state index in [1.54, 1.807) is 0 Å².